The molecule has 94 valence electrons. The molecule has 0 aliphatic heterocycles. The van der Waals surface area contributed by atoms with Gasteiger partial charge in [-0.1, -0.05) is 6.92 Å². The molecule has 0 aromatic heterocycles. The van der Waals surface area contributed by atoms with Gasteiger partial charge in [0.2, 0.25) is 5.91 Å². The Morgan fingerprint density at radius 1 is 1.31 bits per heavy atom. The summed E-state index contributed by atoms with van der Waals surface area (Å²) >= 11 is 0. The summed E-state index contributed by atoms with van der Waals surface area (Å²) in [5.41, 5.74) is 0. The number of aliphatic carboxylic acids is 1. The Morgan fingerprint density at radius 2 is 2.00 bits per heavy atom. The van der Waals surface area contributed by atoms with E-state index in [2.05, 4.69) is 0 Å². The normalized spacial score (nSPS) is 10.1. The standard InChI is InChI=1S/C11H21NO4/c1-3-7-12(9-11(14)15)10(13)6-4-5-8-16-2/h3-9H2,1-2H3,(H,14,15). The largest absolute Gasteiger partial charge is 0.480 e. The fourth-order valence-electron chi connectivity index (χ4n) is 1.41. The van der Waals surface area contributed by atoms with Crippen LogP contribution in [0.25, 0.3) is 0 Å². The number of ether oxygens (including phenoxy) is 1. The fourth-order valence-corrected chi connectivity index (χ4v) is 1.41. The van der Waals surface area contributed by atoms with Crippen molar-refractivity contribution in [1.82, 2.24) is 4.90 Å². The third-order valence-corrected chi connectivity index (χ3v) is 2.16. The first kappa shape index (κ1) is 14.9. The second kappa shape index (κ2) is 9.15. The van der Waals surface area contributed by atoms with Gasteiger partial charge in [-0.15, -0.1) is 0 Å². The molecular weight excluding hydrogens is 210 g/mol. The number of nitrogens with zero attached hydrogens (tertiary/aromatic N) is 1. The molecular formula is C11H21NO4. The van der Waals surface area contributed by atoms with Gasteiger partial charge in [-0.2, -0.15) is 0 Å². The van der Waals surface area contributed by atoms with Crippen molar-refractivity contribution in [2.75, 3.05) is 26.8 Å². The predicted molar refractivity (Wildman–Crippen MR) is 60.2 cm³/mol. The van der Waals surface area contributed by atoms with Crippen molar-refractivity contribution in [3.05, 3.63) is 0 Å². The lowest BCUT2D eigenvalue weighted by atomic mass is 10.2. The van der Waals surface area contributed by atoms with Gasteiger partial charge in [-0.05, 0) is 19.3 Å². The lowest BCUT2D eigenvalue weighted by Crippen LogP contribution is -2.36. The number of hydrogen-bond donors (Lipinski definition) is 1. The Labute approximate surface area is 96.4 Å². The van der Waals surface area contributed by atoms with Crippen molar-refractivity contribution in [3.63, 3.8) is 0 Å². The number of unbranched alkanes of at least 4 members (excludes halogenated alkanes) is 1. The highest BCUT2D eigenvalue weighted by Crippen LogP contribution is 2.02. The van der Waals surface area contributed by atoms with E-state index in [1.54, 1.807) is 7.11 Å². The number of carbonyl (C=O) groups excluding carboxylic acids is 1. The molecule has 0 radical (unpaired) electrons. The molecule has 0 aliphatic carbocycles. The maximum absolute atomic E-state index is 11.7. The van der Waals surface area contributed by atoms with Crippen LogP contribution in [-0.4, -0.2) is 48.7 Å². The summed E-state index contributed by atoms with van der Waals surface area (Å²) in [7, 11) is 1.62. The smallest absolute Gasteiger partial charge is 0.323 e. The average molecular weight is 231 g/mol. The van der Waals surface area contributed by atoms with Crippen LogP contribution in [0.5, 0.6) is 0 Å². The molecule has 0 fully saturated rings. The molecule has 1 amide bonds. The molecule has 0 bridgehead atoms. The Balaban J connectivity index is 3.91. The van der Waals surface area contributed by atoms with Crippen LogP contribution in [0.15, 0.2) is 0 Å². The van der Waals surface area contributed by atoms with Gasteiger partial charge in [0.05, 0.1) is 0 Å². The zero-order valence-electron chi connectivity index (χ0n) is 10.1. The number of methoxy groups -OCH3 is 1. The zero-order chi connectivity index (χ0) is 12.4. The second-order valence-corrected chi connectivity index (χ2v) is 3.66. The van der Waals surface area contributed by atoms with Gasteiger partial charge in [-0.3, -0.25) is 9.59 Å². The van der Waals surface area contributed by atoms with Crippen LogP contribution in [0.1, 0.15) is 32.6 Å². The lowest BCUT2D eigenvalue weighted by Gasteiger charge is -2.19. The summed E-state index contributed by atoms with van der Waals surface area (Å²) in [6, 6.07) is 0. The second-order valence-electron chi connectivity index (χ2n) is 3.66. The molecule has 5 nitrogen and oxygen atoms in total. The summed E-state index contributed by atoms with van der Waals surface area (Å²) in [5, 5.41) is 8.66. The Bertz CT molecular complexity index is 218. The van der Waals surface area contributed by atoms with Crippen molar-refractivity contribution in [3.8, 4) is 0 Å². The van der Waals surface area contributed by atoms with E-state index < -0.39 is 5.97 Å². The Morgan fingerprint density at radius 3 is 2.50 bits per heavy atom. The van der Waals surface area contributed by atoms with Gasteiger partial charge >= 0.3 is 5.97 Å². The number of carboxylic acid groups (broad SMARTS) is 1. The molecule has 0 saturated heterocycles. The topological polar surface area (TPSA) is 66.8 Å². The third-order valence-electron chi connectivity index (χ3n) is 2.16. The first-order valence-electron chi connectivity index (χ1n) is 5.60. The van der Waals surface area contributed by atoms with Crippen molar-refractivity contribution in [1.29, 1.82) is 0 Å². The van der Waals surface area contributed by atoms with E-state index in [9.17, 15) is 9.59 Å². The quantitative estimate of drug-likeness (QED) is 0.604. The maximum Gasteiger partial charge on any atom is 0.323 e. The highest BCUT2D eigenvalue weighted by molar-refractivity contribution is 5.81. The van der Waals surface area contributed by atoms with Crippen LogP contribution >= 0.6 is 0 Å². The number of rotatable bonds is 9. The van der Waals surface area contributed by atoms with Gasteiger partial charge in [0.15, 0.2) is 0 Å². The minimum atomic E-state index is -0.960. The molecule has 0 aliphatic rings. The van der Waals surface area contributed by atoms with Gasteiger partial charge in [-0.25, -0.2) is 0 Å². The maximum atomic E-state index is 11.7. The van der Waals surface area contributed by atoms with Gasteiger partial charge < -0.3 is 14.7 Å². The van der Waals surface area contributed by atoms with Gasteiger partial charge in [0.1, 0.15) is 6.54 Å². The first-order valence-corrected chi connectivity index (χ1v) is 5.60. The third kappa shape index (κ3) is 7.23. The molecule has 1 N–H and O–H groups in total. The minimum absolute atomic E-state index is 0.0830. The molecule has 0 saturated carbocycles. The molecule has 0 rings (SSSR count). The lowest BCUT2D eigenvalue weighted by molar-refractivity contribution is -0.144. The first-order chi connectivity index (χ1) is 7.61. The molecule has 16 heavy (non-hydrogen) atoms. The van der Waals surface area contributed by atoms with Gasteiger partial charge in [0, 0.05) is 26.7 Å². The van der Waals surface area contributed by atoms with Crippen molar-refractivity contribution in [2.45, 2.75) is 32.6 Å². The van der Waals surface area contributed by atoms with Crippen molar-refractivity contribution >= 4 is 11.9 Å². The number of amides is 1. The van der Waals surface area contributed by atoms with E-state index in [0.29, 0.717) is 19.6 Å². The van der Waals surface area contributed by atoms with Crippen LogP contribution in [0.2, 0.25) is 0 Å². The van der Waals surface area contributed by atoms with Crippen molar-refractivity contribution < 1.29 is 19.4 Å². The molecule has 0 heterocycles. The molecule has 0 unspecified atom stereocenters. The Hall–Kier alpha value is -1.10. The summed E-state index contributed by atoms with van der Waals surface area (Å²) in [5.74, 6) is -1.04. The molecule has 0 spiro atoms. The van der Waals surface area contributed by atoms with Crippen LogP contribution in [-0.2, 0) is 14.3 Å². The molecule has 5 heteroatoms. The van der Waals surface area contributed by atoms with E-state index in [4.69, 9.17) is 9.84 Å². The summed E-state index contributed by atoms with van der Waals surface area (Å²) in [6.07, 6.45) is 2.75. The molecule has 0 atom stereocenters. The van der Waals surface area contributed by atoms with E-state index in [1.807, 2.05) is 6.92 Å². The number of carbonyl (C=O) groups is 2. The van der Waals surface area contributed by atoms with E-state index in [1.165, 1.54) is 4.90 Å². The van der Waals surface area contributed by atoms with Crippen LogP contribution in [0.4, 0.5) is 0 Å². The monoisotopic (exact) mass is 231 g/mol. The van der Waals surface area contributed by atoms with Crippen LogP contribution in [0.3, 0.4) is 0 Å². The number of carboxylic acids is 1. The van der Waals surface area contributed by atoms with Crippen molar-refractivity contribution in [2.24, 2.45) is 0 Å². The summed E-state index contributed by atoms with van der Waals surface area (Å²) in [6.45, 7) is 2.87. The zero-order valence-corrected chi connectivity index (χ0v) is 10.1. The summed E-state index contributed by atoms with van der Waals surface area (Å²) in [4.78, 5) is 23.6. The Kier molecular flexibility index (Phi) is 8.52. The van der Waals surface area contributed by atoms with Crippen LogP contribution < -0.4 is 0 Å². The van der Waals surface area contributed by atoms with E-state index >= 15 is 0 Å². The number of hydrogen-bond acceptors (Lipinski definition) is 3. The molecule has 0 aromatic carbocycles. The SMILES string of the molecule is CCCN(CC(=O)O)C(=O)CCCCOC. The average Bonchev–Trinajstić information content (AvgIpc) is 2.23. The van der Waals surface area contributed by atoms with E-state index in [-0.39, 0.29) is 12.5 Å². The highest BCUT2D eigenvalue weighted by atomic mass is 16.5. The predicted octanol–water partition coefficient (Wildman–Crippen LogP) is 1.13. The summed E-state index contributed by atoms with van der Waals surface area (Å²) < 4.78 is 4.88. The van der Waals surface area contributed by atoms with Crippen LogP contribution in [0, 0.1) is 0 Å². The van der Waals surface area contributed by atoms with E-state index in [0.717, 1.165) is 19.3 Å². The molecule has 0 aromatic rings. The highest BCUT2D eigenvalue weighted by Gasteiger charge is 2.14. The fraction of sp³-hybridized carbons (Fsp3) is 0.818. The van der Waals surface area contributed by atoms with Gasteiger partial charge in [0.25, 0.3) is 0 Å². The minimum Gasteiger partial charge on any atom is -0.480 e.